The van der Waals surface area contributed by atoms with Gasteiger partial charge in [-0.2, -0.15) is 5.10 Å². The highest BCUT2D eigenvalue weighted by Gasteiger charge is 2.24. The number of hydrogen-bond donors (Lipinski definition) is 1. The van der Waals surface area contributed by atoms with Gasteiger partial charge in [-0.25, -0.2) is 0 Å². The third-order valence-corrected chi connectivity index (χ3v) is 4.72. The summed E-state index contributed by atoms with van der Waals surface area (Å²) in [5.41, 5.74) is 2.47. The minimum absolute atomic E-state index is 0.565. The average Bonchev–Trinajstić information content (AvgIpc) is 3.29. The Morgan fingerprint density at radius 2 is 2.15 bits per heavy atom. The van der Waals surface area contributed by atoms with Crippen molar-refractivity contribution in [2.24, 2.45) is 18.0 Å². The van der Waals surface area contributed by atoms with Gasteiger partial charge in [0.05, 0.1) is 19.4 Å². The van der Waals surface area contributed by atoms with E-state index in [9.17, 15) is 0 Å². The minimum Gasteiger partial charge on any atom is -0.376 e. The van der Waals surface area contributed by atoms with Crippen LogP contribution in [0, 0.1) is 5.92 Å². The van der Waals surface area contributed by atoms with E-state index in [1.165, 1.54) is 11.1 Å². The molecule has 1 atom stereocenters. The zero-order valence-corrected chi connectivity index (χ0v) is 15.8. The van der Waals surface area contributed by atoms with E-state index in [1.54, 1.807) is 0 Å². The summed E-state index contributed by atoms with van der Waals surface area (Å²) in [4.78, 5) is 6.77. The Kier molecular flexibility index (Phi) is 6.66. The molecule has 1 unspecified atom stereocenters. The predicted octanol–water partition coefficient (Wildman–Crippen LogP) is 2.08. The molecule has 0 saturated carbocycles. The van der Waals surface area contributed by atoms with Crippen LogP contribution in [0.2, 0.25) is 0 Å². The molecule has 1 aromatic heterocycles. The Bertz CT molecular complexity index is 697. The van der Waals surface area contributed by atoms with E-state index in [1.807, 2.05) is 31.0 Å². The molecule has 6 heteroatoms. The highest BCUT2D eigenvalue weighted by Crippen LogP contribution is 2.17. The van der Waals surface area contributed by atoms with Crippen molar-refractivity contribution < 1.29 is 4.74 Å². The lowest BCUT2D eigenvalue weighted by Gasteiger charge is -2.21. The summed E-state index contributed by atoms with van der Waals surface area (Å²) < 4.78 is 7.75. The maximum atomic E-state index is 5.91. The molecule has 0 amide bonds. The largest absolute Gasteiger partial charge is 0.376 e. The highest BCUT2D eigenvalue weighted by atomic mass is 16.5. The van der Waals surface area contributed by atoms with Gasteiger partial charge in [0.2, 0.25) is 0 Å². The van der Waals surface area contributed by atoms with Crippen LogP contribution in [0.3, 0.4) is 0 Å². The molecule has 1 aromatic carbocycles. The number of likely N-dealkylation sites (tertiary alicyclic amines) is 1. The lowest BCUT2D eigenvalue weighted by atomic mass is 10.1. The van der Waals surface area contributed by atoms with Crippen molar-refractivity contribution in [2.75, 3.05) is 33.3 Å². The normalized spacial score (nSPS) is 17.7. The van der Waals surface area contributed by atoms with E-state index >= 15 is 0 Å². The van der Waals surface area contributed by atoms with Crippen LogP contribution in [0.5, 0.6) is 0 Å². The molecule has 1 aliphatic heterocycles. The van der Waals surface area contributed by atoms with Crippen molar-refractivity contribution >= 4 is 5.96 Å². The molecule has 1 saturated heterocycles. The summed E-state index contributed by atoms with van der Waals surface area (Å²) in [7, 11) is 3.80. The molecule has 0 bridgehead atoms. The topological polar surface area (TPSA) is 54.7 Å². The number of guanidine groups is 1. The first kappa shape index (κ1) is 18.5. The fourth-order valence-corrected chi connectivity index (χ4v) is 3.33. The molecule has 0 aliphatic carbocycles. The molecule has 6 nitrogen and oxygen atoms in total. The minimum atomic E-state index is 0.565. The van der Waals surface area contributed by atoms with Crippen molar-refractivity contribution in [1.29, 1.82) is 0 Å². The molecule has 2 heterocycles. The van der Waals surface area contributed by atoms with Gasteiger partial charge in [-0.05, 0) is 24.0 Å². The Morgan fingerprint density at radius 1 is 1.31 bits per heavy atom. The summed E-state index contributed by atoms with van der Waals surface area (Å²) in [6.07, 6.45) is 6.07. The molecular formula is C20H29N5O. The van der Waals surface area contributed by atoms with Crippen molar-refractivity contribution in [2.45, 2.75) is 19.4 Å². The molecule has 26 heavy (non-hydrogen) atoms. The smallest absolute Gasteiger partial charge is 0.193 e. The van der Waals surface area contributed by atoms with Crippen LogP contribution >= 0.6 is 0 Å². The van der Waals surface area contributed by atoms with Gasteiger partial charge in [0, 0.05) is 45.8 Å². The molecular weight excluding hydrogens is 326 g/mol. The molecule has 1 aliphatic rings. The van der Waals surface area contributed by atoms with Gasteiger partial charge in [0.15, 0.2) is 5.96 Å². The van der Waals surface area contributed by atoms with Crippen LogP contribution < -0.4 is 5.32 Å². The number of hydrogen-bond acceptors (Lipinski definition) is 3. The van der Waals surface area contributed by atoms with E-state index < -0.39 is 0 Å². The van der Waals surface area contributed by atoms with Crippen LogP contribution in [0.15, 0.2) is 47.7 Å². The molecule has 0 spiro atoms. The number of nitrogens with one attached hydrogen (secondary N) is 1. The Labute approximate surface area is 155 Å². The van der Waals surface area contributed by atoms with E-state index in [4.69, 9.17) is 4.74 Å². The molecule has 2 aromatic rings. The molecule has 1 fully saturated rings. The third-order valence-electron chi connectivity index (χ3n) is 4.72. The Hall–Kier alpha value is -2.34. The van der Waals surface area contributed by atoms with E-state index in [-0.39, 0.29) is 0 Å². The Balaban J connectivity index is 1.37. The first-order valence-corrected chi connectivity index (χ1v) is 9.29. The van der Waals surface area contributed by atoms with Gasteiger partial charge < -0.3 is 15.0 Å². The van der Waals surface area contributed by atoms with Crippen molar-refractivity contribution in [1.82, 2.24) is 20.0 Å². The number of ether oxygens (including phenoxy) is 1. The van der Waals surface area contributed by atoms with Crippen LogP contribution in [-0.4, -0.2) is 53.9 Å². The second-order valence-corrected chi connectivity index (χ2v) is 6.85. The van der Waals surface area contributed by atoms with E-state index in [2.05, 4.69) is 50.8 Å². The predicted molar refractivity (Wildman–Crippen MR) is 104 cm³/mol. The number of aryl methyl sites for hydroxylation is 1. The van der Waals surface area contributed by atoms with Crippen molar-refractivity contribution in [3.63, 3.8) is 0 Å². The lowest BCUT2D eigenvalue weighted by molar-refractivity contribution is 0.0907. The zero-order valence-electron chi connectivity index (χ0n) is 15.8. The van der Waals surface area contributed by atoms with Crippen LogP contribution in [0.25, 0.3) is 0 Å². The van der Waals surface area contributed by atoms with Crippen LogP contribution in [0.1, 0.15) is 17.5 Å². The SMILES string of the molecule is CN=C(NCCc1cnn(C)c1)N1CCC(COCc2ccccc2)C1. The van der Waals surface area contributed by atoms with Crippen molar-refractivity contribution in [3.05, 3.63) is 53.9 Å². The third kappa shape index (κ3) is 5.33. The Morgan fingerprint density at radius 3 is 2.88 bits per heavy atom. The maximum Gasteiger partial charge on any atom is 0.193 e. The molecule has 1 N–H and O–H groups in total. The first-order chi connectivity index (χ1) is 12.7. The van der Waals surface area contributed by atoms with Crippen molar-refractivity contribution in [3.8, 4) is 0 Å². The standard InChI is InChI=1S/C20H29N5O/c1-21-20(22-10-8-18-12-23-24(2)13-18)25-11-9-19(14-25)16-26-15-17-6-4-3-5-7-17/h3-7,12-13,19H,8-11,14-16H2,1-2H3,(H,21,22). The molecule has 140 valence electrons. The second kappa shape index (κ2) is 9.38. The summed E-state index contributed by atoms with van der Waals surface area (Å²) in [6.45, 7) is 4.39. The summed E-state index contributed by atoms with van der Waals surface area (Å²) >= 11 is 0. The number of aromatic nitrogens is 2. The zero-order chi connectivity index (χ0) is 18.2. The van der Waals surface area contributed by atoms with E-state index in [0.29, 0.717) is 12.5 Å². The maximum absolute atomic E-state index is 5.91. The van der Waals surface area contributed by atoms with Gasteiger partial charge in [-0.3, -0.25) is 9.67 Å². The molecule has 3 rings (SSSR count). The fraction of sp³-hybridized carbons (Fsp3) is 0.500. The second-order valence-electron chi connectivity index (χ2n) is 6.85. The summed E-state index contributed by atoms with van der Waals surface area (Å²) in [6, 6.07) is 10.4. The van der Waals surface area contributed by atoms with Gasteiger partial charge in [-0.1, -0.05) is 30.3 Å². The summed E-state index contributed by atoms with van der Waals surface area (Å²) in [5, 5.41) is 7.68. The van der Waals surface area contributed by atoms with Crippen LogP contribution in [-0.2, 0) is 24.8 Å². The monoisotopic (exact) mass is 355 g/mol. The van der Waals surface area contributed by atoms with Gasteiger partial charge in [0.1, 0.15) is 0 Å². The van der Waals surface area contributed by atoms with E-state index in [0.717, 1.165) is 45.0 Å². The van der Waals surface area contributed by atoms with Gasteiger partial charge in [-0.15, -0.1) is 0 Å². The van der Waals surface area contributed by atoms with Gasteiger partial charge >= 0.3 is 0 Å². The average molecular weight is 355 g/mol. The molecule has 0 radical (unpaired) electrons. The van der Waals surface area contributed by atoms with Gasteiger partial charge in [0.25, 0.3) is 0 Å². The number of nitrogens with zero attached hydrogens (tertiary/aromatic N) is 4. The van der Waals surface area contributed by atoms with Crippen LogP contribution in [0.4, 0.5) is 0 Å². The fourth-order valence-electron chi connectivity index (χ4n) is 3.33. The first-order valence-electron chi connectivity index (χ1n) is 9.29. The number of rotatable bonds is 7. The quantitative estimate of drug-likeness (QED) is 0.610. The number of aliphatic imine (C=N–C) groups is 1. The summed E-state index contributed by atoms with van der Waals surface area (Å²) in [5.74, 6) is 1.55. The highest BCUT2D eigenvalue weighted by molar-refractivity contribution is 5.80. The lowest BCUT2D eigenvalue weighted by Crippen LogP contribution is -2.41. The number of benzene rings is 1.